The zero-order valence-corrected chi connectivity index (χ0v) is 14.9. The van der Waals surface area contributed by atoms with Gasteiger partial charge < -0.3 is 15.0 Å². The molecule has 0 unspecified atom stereocenters. The molecule has 6 nitrogen and oxygen atoms in total. The minimum Gasteiger partial charge on any atom is -0.452 e. The molecule has 1 aliphatic heterocycles. The van der Waals surface area contributed by atoms with Crippen molar-refractivity contribution in [2.24, 2.45) is 0 Å². The molecule has 8 heteroatoms. The Morgan fingerprint density at radius 2 is 1.86 bits per heavy atom. The SMILES string of the molecule is O=C(COC(=O)c1ccc(CN2CCCC2=O)cc1)Nc1ccc(F)cc1F. The fraction of sp³-hybridized carbons (Fsp3) is 0.250. The standard InChI is InChI=1S/C20H18F2N2O4/c21-15-7-8-17(16(22)10-15)23-18(25)12-28-20(27)14-5-3-13(4-6-14)11-24-9-1-2-19(24)26/h3-8,10H,1-2,9,11-12H2,(H,23,25). The van der Waals surface area contributed by atoms with Crippen LogP contribution in [0.25, 0.3) is 0 Å². The Morgan fingerprint density at radius 3 is 2.50 bits per heavy atom. The fourth-order valence-corrected chi connectivity index (χ4v) is 2.83. The summed E-state index contributed by atoms with van der Waals surface area (Å²) in [6.45, 7) is 0.603. The van der Waals surface area contributed by atoms with Gasteiger partial charge in [-0.2, -0.15) is 0 Å². The predicted octanol–water partition coefficient (Wildman–Crippen LogP) is 2.88. The number of halogens is 2. The summed E-state index contributed by atoms with van der Waals surface area (Å²) >= 11 is 0. The molecule has 1 aliphatic rings. The number of carbonyl (C=O) groups excluding carboxylic acids is 3. The highest BCUT2D eigenvalue weighted by atomic mass is 19.1. The average Bonchev–Trinajstić information content (AvgIpc) is 3.07. The van der Waals surface area contributed by atoms with Crippen molar-refractivity contribution in [2.45, 2.75) is 19.4 Å². The number of amides is 2. The molecule has 2 aromatic carbocycles. The normalized spacial score (nSPS) is 13.5. The summed E-state index contributed by atoms with van der Waals surface area (Å²) in [5.74, 6) is -3.03. The lowest BCUT2D eigenvalue weighted by atomic mass is 10.1. The largest absolute Gasteiger partial charge is 0.452 e. The number of esters is 1. The van der Waals surface area contributed by atoms with Crippen LogP contribution in [-0.4, -0.2) is 35.8 Å². The van der Waals surface area contributed by atoms with E-state index in [1.165, 1.54) is 0 Å². The van der Waals surface area contributed by atoms with Gasteiger partial charge in [0, 0.05) is 25.6 Å². The van der Waals surface area contributed by atoms with Crippen molar-refractivity contribution in [2.75, 3.05) is 18.5 Å². The Hall–Kier alpha value is -3.29. The molecule has 0 aromatic heterocycles. The Balaban J connectivity index is 1.50. The summed E-state index contributed by atoms with van der Waals surface area (Å²) in [7, 11) is 0. The molecule has 0 radical (unpaired) electrons. The molecule has 2 aromatic rings. The molecule has 0 spiro atoms. The van der Waals surface area contributed by atoms with E-state index >= 15 is 0 Å². The second-order valence-electron chi connectivity index (χ2n) is 6.36. The van der Waals surface area contributed by atoms with E-state index in [0.717, 1.165) is 30.7 Å². The number of rotatable bonds is 6. The highest BCUT2D eigenvalue weighted by molar-refractivity contribution is 5.95. The number of likely N-dealkylation sites (tertiary alicyclic amines) is 1. The van der Waals surface area contributed by atoms with Crippen LogP contribution in [-0.2, 0) is 20.9 Å². The summed E-state index contributed by atoms with van der Waals surface area (Å²) in [5, 5.41) is 2.20. The van der Waals surface area contributed by atoms with Crippen LogP contribution < -0.4 is 5.32 Å². The lowest BCUT2D eigenvalue weighted by Gasteiger charge is -2.15. The molecule has 1 heterocycles. The second kappa shape index (κ2) is 8.60. The smallest absolute Gasteiger partial charge is 0.338 e. The number of carbonyl (C=O) groups is 3. The Labute approximate surface area is 160 Å². The van der Waals surface area contributed by atoms with Crippen LogP contribution in [0.4, 0.5) is 14.5 Å². The van der Waals surface area contributed by atoms with Gasteiger partial charge in [-0.3, -0.25) is 9.59 Å². The van der Waals surface area contributed by atoms with E-state index in [1.807, 2.05) is 0 Å². The highest BCUT2D eigenvalue weighted by Gasteiger charge is 2.20. The first-order valence-electron chi connectivity index (χ1n) is 8.71. The van der Waals surface area contributed by atoms with Gasteiger partial charge in [-0.25, -0.2) is 13.6 Å². The van der Waals surface area contributed by atoms with E-state index in [4.69, 9.17) is 4.74 Å². The van der Waals surface area contributed by atoms with Gasteiger partial charge in [-0.15, -0.1) is 0 Å². The van der Waals surface area contributed by atoms with Crippen LogP contribution in [0.3, 0.4) is 0 Å². The van der Waals surface area contributed by atoms with Gasteiger partial charge in [0.15, 0.2) is 6.61 Å². The van der Waals surface area contributed by atoms with Gasteiger partial charge in [-0.1, -0.05) is 12.1 Å². The molecule has 0 aliphatic carbocycles. The molecule has 1 saturated heterocycles. The number of anilines is 1. The number of hydrogen-bond donors (Lipinski definition) is 1. The van der Waals surface area contributed by atoms with Gasteiger partial charge in [0.25, 0.3) is 5.91 Å². The topological polar surface area (TPSA) is 75.7 Å². The molecule has 146 valence electrons. The van der Waals surface area contributed by atoms with E-state index in [2.05, 4.69) is 5.32 Å². The molecule has 0 saturated carbocycles. The molecular weight excluding hydrogens is 370 g/mol. The van der Waals surface area contributed by atoms with Crippen LogP contribution in [0, 0.1) is 11.6 Å². The molecule has 28 heavy (non-hydrogen) atoms. The molecule has 2 amide bonds. The summed E-state index contributed by atoms with van der Waals surface area (Å²) in [6, 6.07) is 9.26. The van der Waals surface area contributed by atoms with Gasteiger partial charge in [0.2, 0.25) is 5.91 Å². The van der Waals surface area contributed by atoms with E-state index < -0.39 is 30.1 Å². The van der Waals surface area contributed by atoms with Crippen molar-refractivity contribution >= 4 is 23.5 Å². The van der Waals surface area contributed by atoms with Crippen molar-refractivity contribution in [1.29, 1.82) is 0 Å². The van der Waals surface area contributed by atoms with Crippen LogP contribution >= 0.6 is 0 Å². The molecular formula is C20H18F2N2O4. The lowest BCUT2D eigenvalue weighted by Crippen LogP contribution is -2.24. The first-order chi connectivity index (χ1) is 13.4. The number of nitrogens with one attached hydrogen (secondary N) is 1. The zero-order valence-electron chi connectivity index (χ0n) is 14.9. The quantitative estimate of drug-likeness (QED) is 0.772. The monoisotopic (exact) mass is 388 g/mol. The van der Waals surface area contributed by atoms with E-state index in [0.29, 0.717) is 19.0 Å². The Bertz CT molecular complexity index is 900. The second-order valence-corrected chi connectivity index (χ2v) is 6.36. The summed E-state index contributed by atoms with van der Waals surface area (Å²) < 4.78 is 31.2. The molecule has 0 bridgehead atoms. The number of benzene rings is 2. The van der Waals surface area contributed by atoms with Crippen molar-refractivity contribution < 1.29 is 27.9 Å². The van der Waals surface area contributed by atoms with Crippen molar-refractivity contribution in [3.05, 3.63) is 65.2 Å². The zero-order chi connectivity index (χ0) is 20.1. The maximum Gasteiger partial charge on any atom is 0.338 e. The third-order valence-electron chi connectivity index (χ3n) is 4.27. The Morgan fingerprint density at radius 1 is 1.11 bits per heavy atom. The molecule has 3 rings (SSSR count). The molecule has 1 fully saturated rings. The first kappa shape index (κ1) is 19.5. The van der Waals surface area contributed by atoms with Crippen molar-refractivity contribution in [3.8, 4) is 0 Å². The minimum atomic E-state index is -0.924. The van der Waals surface area contributed by atoms with Gasteiger partial charge >= 0.3 is 5.97 Å². The predicted molar refractivity (Wildman–Crippen MR) is 96.4 cm³/mol. The summed E-state index contributed by atoms with van der Waals surface area (Å²) in [4.78, 5) is 37.2. The van der Waals surface area contributed by atoms with Crippen LogP contribution in [0.5, 0.6) is 0 Å². The average molecular weight is 388 g/mol. The molecule has 1 N–H and O–H groups in total. The van der Waals surface area contributed by atoms with Crippen LogP contribution in [0.2, 0.25) is 0 Å². The number of nitrogens with zero attached hydrogens (tertiary/aromatic N) is 1. The van der Waals surface area contributed by atoms with Crippen LogP contribution in [0.1, 0.15) is 28.8 Å². The van der Waals surface area contributed by atoms with Gasteiger partial charge in [-0.05, 0) is 36.2 Å². The maximum absolute atomic E-state index is 13.5. The van der Waals surface area contributed by atoms with Gasteiger partial charge in [0.1, 0.15) is 11.6 Å². The number of ether oxygens (including phenoxy) is 1. The highest BCUT2D eigenvalue weighted by Crippen LogP contribution is 2.16. The minimum absolute atomic E-state index is 0.118. The summed E-state index contributed by atoms with van der Waals surface area (Å²) in [6.07, 6.45) is 1.42. The first-order valence-corrected chi connectivity index (χ1v) is 8.71. The Kier molecular flexibility index (Phi) is 5.98. The number of hydrogen-bond acceptors (Lipinski definition) is 4. The van der Waals surface area contributed by atoms with Crippen molar-refractivity contribution in [3.63, 3.8) is 0 Å². The molecule has 0 atom stereocenters. The van der Waals surface area contributed by atoms with Gasteiger partial charge in [0.05, 0.1) is 11.3 Å². The van der Waals surface area contributed by atoms with E-state index in [-0.39, 0.29) is 17.2 Å². The van der Waals surface area contributed by atoms with E-state index in [1.54, 1.807) is 29.2 Å². The third-order valence-corrected chi connectivity index (χ3v) is 4.27. The fourth-order valence-electron chi connectivity index (χ4n) is 2.83. The lowest BCUT2D eigenvalue weighted by molar-refractivity contribution is -0.128. The summed E-state index contributed by atoms with van der Waals surface area (Å²) in [5.41, 5.74) is 0.928. The van der Waals surface area contributed by atoms with E-state index in [9.17, 15) is 23.2 Å². The maximum atomic E-state index is 13.5. The van der Waals surface area contributed by atoms with Crippen molar-refractivity contribution in [1.82, 2.24) is 4.90 Å². The third kappa shape index (κ3) is 4.91. The van der Waals surface area contributed by atoms with Crippen LogP contribution in [0.15, 0.2) is 42.5 Å².